The monoisotopic (exact) mass is 323 g/mol. The number of benzene rings is 1. The molecule has 4 nitrogen and oxygen atoms in total. The maximum Gasteiger partial charge on any atom is 0.268 e. The lowest BCUT2D eigenvalue weighted by molar-refractivity contribution is 0.0891. The molecule has 0 saturated carbocycles. The van der Waals surface area contributed by atoms with Gasteiger partial charge in [0.25, 0.3) is 15.9 Å². The smallest absolute Gasteiger partial charge is 0.268 e. The van der Waals surface area contributed by atoms with Crippen molar-refractivity contribution in [1.29, 1.82) is 0 Å². The minimum Gasteiger partial charge on any atom is -0.268 e. The molecule has 0 aromatic heterocycles. The number of hydrogen-bond acceptors (Lipinski definition) is 3. The normalized spacial score (nSPS) is 18.4. The first-order valence-electron chi connectivity index (χ1n) is 3.77. The summed E-state index contributed by atoms with van der Waals surface area (Å²) in [4.78, 5) is 11.6. The van der Waals surface area contributed by atoms with E-state index in [0.29, 0.717) is 0 Å². The molecule has 6 heteroatoms. The minimum absolute atomic E-state index is 0.102. The Hall–Kier alpha value is -0.630. The largest absolute Gasteiger partial charge is 0.268 e. The van der Waals surface area contributed by atoms with E-state index in [0.717, 1.165) is 7.88 Å². The van der Waals surface area contributed by atoms with Crippen LogP contribution in [-0.4, -0.2) is 25.7 Å². The fourth-order valence-electron chi connectivity index (χ4n) is 1.32. The van der Waals surface area contributed by atoms with Crippen LogP contribution in [0.4, 0.5) is 0 Å². The van der Waals surface area contributed by atoms with E-state index in [1.54, 1.807) is 12.1 Å². The Labute approximate surface area is 95.1 Å². The number of rotatable bonds is 0. The van der Waals surface area contributed by atoms with Crippen molar-refractivity contribution in [1.82, 2.24) is 4.31 Å². The van der Waals surface area contributed by atoms with Crippen LogP contribution in [-0.2, 0) is 10.0 Å². The second kappa shape index (κ2) is 2.93. The summed E-state index contributed by atoms with van der Waals surface area (Å²) in [5.41, 5.74) is 0.263. The Morgan fingerprint density at radius 1 is 1.36 bits per heavy atom. The molecular weight excluding hydrogens is 317 g/mol. The summed E-state index contributed by atoms with van der Waals surface area (Å²) in [5.74, 6) is -0.460. The van der Waals surface area contributed by atoms with Gasteiger partial charge in [0, 0.05) is 10.6 Å². The molecule has 0 aliphatic carbocycles. The summed E-state index contributed by atoms with van der Waals surface area (Å²) in [6, 6.07) is 4.72. The molecule has 1 aliphatic rings. The topological polar surface area (TPSA) is 54.5 Å². The first-order chi connectivity index (χ1) is 6.44. The maximum atomic E-state index is 11.6. The van der Waals surface area contributed by atoms with E-state index < -0.39 is 15.9 Å². The van der Waals surface area contributed by atoms with Gasteiger partial charge in [0.05, 0.1) is 5.56 Å². The van der Waals surface area contributed by atoms with Gasteiger partial charge in [-0.3, -0.25) is 4.79 Å². The van der Waals surface area contributed by atoms with E-state index in [9.17, 15) is 13.2 Å². The molecule has 1 aromatic carbocycles. The average Bonchev–Trinajstić information content (AvgIpc) is 2.28. The molecule has 1 heterocycles. The number of carbonyl (C=O) groups excluding carboxylic acids is 1. The number of halogens is 1. The Bertz CT molecular complexity index is 523. The van der Waals surface area contributed by atoms with E-state index in [1.807, 2.05) is 22.6 Å². The highest BCUT2D eigenvalue weighted by molar-refractivity contribution is 14.1. The van der Waals surface area contributed by atoms with Crippen LogP contribution in [0.3, 0.4) is 0 Å². The molecule has 14 heavy (non-hydrogen) atoms. The lowest BCUT2D eigenvalue weighted by atomic mass is 10.2. The Kier molecular flexibility index (Phi) is 2.07. The summed E-state index contributed by atoms with van der Waals surface area (Å²) in [7, 11) is -2.30. The van der Waals surface area contributed by atoms with Gasteiger partial charge >= 0.3 is 0 Å². The zero-order valence-electron chi connectivity index (χ0n) is 7.19. The van der Waals surface area contributed by atoms with Crippen LogP contribution in [0.5, 0.6) is 0 Å². The van der Waals surface area contributed by atoms with E-state index in [2.05, 4.69) is 0 Å². The first-order valence-corrected chi connectivity index (χ1v) is 6.29. The quantitative estimate of drug-likeness (QED) is 0.671. The predicted octanol–water partition coefficient (Wildman–Crippen LogP) is 1.07. The number of sulfonamides is 1. The Morgan fingerprint density at radius 3 is 2.64 bits per heavy atom. The van der Waals surface area contributed by atoms with Crippen molar-refractivity contribution in [3.63, 3.8) is 0 Å². The SMILES string of the molecule is CN1C(=O)c2cc(I)ccc2S1(=O)=O. The molecule has 74 valence electrons. The molecule has 0 N–H and O–H groups in total. The van der Waals surface area contributed by atoms with E-state index in [-0.39, 0.29) is 10.5 Å². The summed E-state index contributed by atoms with van der Waals surface area (Å²) in [5, 5.41) is 0. The molecule has 0 radical (unpaired) electrons. The second-order valence-corrected chi connectivity index (χ2v) is 6.10. The predicted molar refractivity (Wildman–Crippen MR) is 58.4 cm³/mol. The molecule has 1 aromatic rings. The molecule has 0 fully saturated rings. The van der Waals surface area contributed by atoms with Crippen molar-refractivity contribution < 1.29 is 13.2 Å². The van der Waals surface area contributed by atoms with Crippen molar-refractivity contribution >= 4 is 38.5 Å². The molecule has 0 saturated heterocycles. The molecule has 0 bridgehead atoms. The van der Waals surface area contributed by atoms with Gasteiger partial charge in [-0.2, -0.15) is 0 Å². The van der Waals surface area contributed by atoms with Gasteiger partial charge in [-0.1, -0.05) is 0 Å². The highest BCUT2D eigenvalue weighted by Crippen LogP contribution is 2.29. The van der Waals surface area contributed by atoms with Crippen molar-refractivity contribution in [2.45, 2.75) is 4.90 Å². The minimum atomic E-state index is -3.57. The zero-order chi connectivity index (χ0) is 10.5. The third kappa shape index (κ3) is 1.17. The Balaban J connectivity index is 2.81. The molecule has 0 spiro atoms. The summed E-state index contributed by atoms with van der Waals surface area (Å²) < 4.78 is 24.8. The first kappa shape index (κ1) is 9.91. The van der Waals surface area contributed by atoms with Crippen LogP contribution in [0.25, 0.3) is 0 Å². The summed E-state index contributed by atoms with van der Waals surface area (Å²) in [6.07, 6.45) is 0. The fraction of sp³-hybridized carbons (Fsp3) is 0.125. The van der Waals surface area contributed by atoms with E-state index >= 15 is 0 Å². The highest BCUT2D eigenvalue weighted by Gasteiger charge is 2.38. The van der Waals surface area contributed by atoms with Crippen LogP contribution >= 0.6 is 22.6 Å². The fourth-order valence-corrected chi connectivity index (χ4v) is 3.09. The van der Waals surface area contributed by atoms with Gasteiger partial charge < -0.3 is 0 Å². The van der Waals surface area contributed by atoms with Gasteiger partial charge in [0.15, 0.2) is 0 Å². The van der Waals surface area contributed by atoms with Gasteiger partial charge in [-0.15, -0.1) is 0 Å². The van der Waals surface area contributed by atoms with Gasteiger partial charge in [-0.05, 0) is 40.8 Å². The van der Waals surface area contributed by atoms with Gasteiger partial charge in [-0.25, -0.2) is 12.7 Å². The van der Waals surface area contributed by atoms with Crippen LogP contribution in [0.2, 0.25) is 0 Å². The van der Waals surface area contributed by atoms with Crippen LogP contribution < -0.4 is 0 Å². The molecular formula is C8H6INO3S. The van der Waals surface area contributed by atoms with Gasteiger partial charge in [0.2, 0.25) is 0 Å². The molecule has 1 aliphatic heterocycles. The number of carbonyl (C=O) groups is 1. The lowest BCUT2D eigenvalue weighted by Gasteiger charge is -2.05. The highest BCUT2D eigenvalue weighted by atomic mass is 127. The molecule has 0 atom stereocenters. The molecule has 1 amide bonds. The number of nitrogens with zero attached hydrogens (tertiary/aromatic N) is 1. The van der Waals surface area contributed by atoms with Crippen LogP contribution in [0.1, 0.15) is 10.4 Å². The van der Waals surface area contributed by atoms with E-state index in [4.69, 9.17) is 0 Å². The van der Waals surface area contributed by atoms with Crippen molar-refractivity contribution in [3.8, 4) is 0 Å². The van der Waals surface area contributed by atoms with E-state index in [1.165, 1.54) is 13.1 Å². The van der Waals surface area contributed by atoms with Gasteiger partial charge in [0.1, 0.15) is 4.90 Å². The standard InChI is InChI=1S/C8H6INO3S/c1-10-8(11)6-4-5(9)2-3-7(6)14(10,12)13/h2-4H,1H3. The van der Waals surface area contributed by atoms with Crippen molar-refractivity contribution in [3.05, 3.63) is 27.3 Å². The van der Waals surface area contributed by atoms with Crippen LogP contribution in [0.15, 0.2) is 23.1 Å². The summed E-state index contributed by atoms with van der Waals surface area (Å²) >= 11 is 2.04. The number of amides is 1. The third-order valence-electron chi connectivity index (χ3n) is 2.10. The summed E-state index contributed by atoms with van der Waals surface area (Å²) in [6.45, 7) is 0. The maximum absolute atomic E-state index is 11.6. The zero-order valence-corrected chi connectivity index (χ0v) is 10.2. The molecule has 2 rings (SSSR count). The lowest BCUT2D eigenvalue weighted by Crippen LogP contribution is -2.24. The van der Waals surface area contributed by atoms with Crippen molar-refractivity contribution in [2.24, 2.45) is 0 Å². The molecule has 0 unspecified atom stereocenters. The Morgan fingerprint density at radius 2 is 2.00 bits per heavy atom. The second-order valence-electron chi connectivity index (χ2n) is 2.92. The number of hydrogen-bond donors (Lipinski definition) is 0. The van der Waals surface area contributed by atoms with Crippen molar-refractivity contribution in [2.75, 3.05) is 7.05 Å². The average molecular weight is 323 g/mol. The third-order valence-corrected chi connectivity index (χ3v) is 4.57. The van der Waals surface area contributed by atoms with Crippen LogP contribution in [0, 0.1) is 3.57 Å². The number of fused-ring (bicyclic) bond motifs is 1.